The average molecular weight is 493 g/mol. The summed E-state index contributed by atoms with van der Waals surface area (Å²) in [5.41, 5.74) is 5.38. The van der Waals surface area contributed by atoms with E-state index in [0.717, 1.165) is 11.1 Å². The van der Waals surface area contributed by atoms with Crippen LogP contribution in [-0.4, -0.2) is 24.3 Å². The van der Waals surface area contributed by atoms with Crippen LogP contribution in [0, 0.1) is 0 Å². The molecule has 0 saturated heterocycles. The van der Waals surface area contributed by atoms with E-state index in [9.17, 15) is 9.59 Å². The first-order valence-electron chi connectivity index (χ1n) is 12.5. The number of aliphatic imine (C=N–C) groups is 1. The molecule has 3 aromatic rings. The standard InChI is InChI=1S/C32H32N2O3/c1-5-37-31(36)27-15-9-7-13-25(27)28-16-10-11-17-29(33-28)34-30(35)26-14-8-6-12-24(26)22-18-20-23(21-19-22)32(2,3)4/h6-9,11-21H,5,10H2,1-4H3,(H,33,34,35). The number of esters is 1. The van der Waals surface area contributed by atoms with E-state index in [2.05, 4.69) is 50.4 Å². The summed E-state index contributed by atoms with van der Waals surface area (Å²) in [6, 6.07) is 23.1. The molecule has 3 aromatic carbocycles. The highest BCUT2D eigenvalue weighted by molar-refractivity contribution is 6.14. The lowest BCUT2D eigenvalue weighted by molar-refractivity contribution is 0.0526. The van der Waals surface area contributed by atoms with Crippen LogP contribution < -0.4 is 5.32 Å². The molecule has 0 fully saturated rings. The Balaban J connectivity index is 1.62. The monoisotopic (exact) mass is 492 g/mol. The van der Waals surface area contributed by atoms with Gasteiger partial charge in [-0.15, -0.1) is 0 Å². The van der Waals surface area contributed by atoms with Crippen molar-refractivity contribution in [3.05, 3.63) is 113 Å². The molecular formula is C32H32N2O3. The van der Waals surface area contributed by atoms with Crippen LogP contribution in [0.1, 0.15) is 66.0 Å². The number of ether oxygens (including phenoxy) is 1. The van der Waals surface area contributed by atoms with Crippen molar-refractivity contribution < 1.29 is 14.3 Å². The highest BCUT2D eigenvalue weighted by Crippen LogP contribution is 2.28. The Kier molecular flexibility index (Phi) is 7.83. The zero-order chi connectivity index (χ0) is 26.4. The molecule has 1 aliphatic rings. The molecule has 188 valence electrons. The molecule has 1 amide bonds. The number of carbonyl (C=O) groups excluding carboxylic acids is 2. The molecular weight excluding hydrogens is 460 g/mol. The number of amides is 1. The van der Waals surface area contributed by atoms with Crippen molar-refractivity contribution in [3.8, 4) is 11.1 Å². The lowest BCUT2D eigenvalue weighted by atomic mass is 9.86. The Morgan fingerprint density at radius 1 is 0.892 bits per heavy atom. The summed E-state index contributed by atoms with van der Waals surface area (Å²) in [5.74, 6) is -0.243. The second-order valence-corrected chi connectivity index (χ2v) is 9.82. The van der Waals surface area contributed by atoms with Gasteiger partial charge in [0, 0.05) is 11.1 Å². The van der Waals surface area contributed by atoms with Crippen LogP contribution in [0.3, 0.4) is 0 Å². The predicted octanol–water partition coefficient (Wildman–Crippen LogP) is 6.96. The highest BCUT2D eigenvalue weighted by atomic mass is 16.5. The van der Waals surface area contributed by atoms with E-state index in [1.807, 2.05) is 48.6 Å². The number of amidine groups is 1. The second-order valence-electron chi connectivity index (χ2n) is 9.82. The third-order valence-corrected chi connectivity index (χ3v) is 6.14. The maximum Gasteiger partial charge on any atom is 0.338 e. The average Bonchev–Trinajstić information content (AvgIpc) is 3.14. The van der Waals surface area contributed by atoms with Crippen LogP contribution in [0.4, 0.5) is 0 Å². The maximum atomic E-state index is 13.4. The number of allylic oxidation sites excluding steroid dienone is 2. The smallest absolute Gasteiger partial charge is 0.338 e. The van der Waals surface area contributed by atoms with Crippen LogP contribution in [0.5, 0.6) is 0 Å². The van der Waals surface area contributed by atoms with Crippen LogP contribution in [0.25, 0.3) is 16.8 Å². The highest BCUT2D eigenvalue weighted by Gasteiger charge is 2.19. The fourth-order valence-corrected chi connectivity index (χ4v) is 4.17. The van der Waals surface area contributed by atoms with Crippen molar-refractivity contribution in [2.24, 2.45) is 4.99 Å². The summed E-state index contributed by atoms with van der Waals surface area (Å²) in [6.45, 7) is 8.60. The third kappa shape index (κ3) is 6.12. The van der Waals surface area contributed by atoms with Crippen molar-refractivity contribution in [3.63, 3.8) is 0 Å². The summed E-state index contributed by atoms with van der Waals surface area (Å²) >= 11 is 0. The molecule has 5 nitrogen and oxygen atoms in total. The van der Waals surface area contributed by atoms with Gasteiger partial charge in [0.15, 0.2) is 0 Å². The van der Waals surface area contributed by atoms with Gasteiger partial charge in [0.2, 0.25) is 0 Å². The van der Waals surface area contributed by atoms with Gasteiger partial charge in [-0.2, -0.15) is 0 Å². The minimum Gasteiger partial charge on any atom is -0.462 e. The van der Waals surface area contributed by atoms with Crippen LogP contribution in [0.2, 0.25) is 0 Å². The van der Waals surface area contributed by atoms with Crippen molar-refractivity contribution in [2.75, 3.05) is 6.61 Å². The first-order chi connectivity index (χ1) is 17.8. The van der Waals surface area contributed by atoms with E-state index in [0.29, 0.717) is 34.6 Å². The number of hydrogen-bond donors (Lipinski definition) is 1. The number of carbonyl (C=O) groups is 2. The summed E-state index contributed by atoms with van der Waals surface area (Å²) in [7, 11) is 0. The zero-order valence-electron chi connectivity index (χ0n) is 21.7. The SMILES string of the molecule is CCOC(=O)c1ccccc1C1=CCC=CC(NC(=O)c2ccccc2-c2ccc(C(C)(C)C)cc2)=N1. The van der Waals surface area contributed by atoms with Crippen molar-refractivity contribution in [2.45, 2.75) is 39.5 Å². The fraction of sp³-hybridized carbons (Fsp3) is 0.219. The lowest BCUT2D eigenvalue weighted by Crippen LogP contribution is -2.29. The number of nitrogens with zero attached hydrogens (tertiary/aromatic N) is 1. The molecule has 4 rings (SSSR count). The number of nitrogens with one attached hydrogen (secondary N) is 1. The molecule has 1 aliphatic heterocycles. The van der Waals surface area contributed by atoms with Gasteiger partial charge < -0.3 is 10.1 Å². The minimum atomic E-state index is -0.400. The minimum absolute atomic E-state index is 0.0521. The second kappa shape index (κ2) is 11.2. The molecule has 0 saturated carbocycles. The van der Waals surface area contributed by atoms with Crippen molar-refractivity contribution in [1.29, 1.82) is 0 Å². The first kappa shape index (κ1) is 25.8. The molecule has 0 spiro atoms. The van der Waals surface area contributed by atoms with Crippen molar-refractivity contribution in [1.82, 2.24) is 5.32 Å². The normalized spacial score (nSPS) is 13.3. The Morgan fingerprint density at radius 2 is 1.54 bits per heavy atom. The fourth-order valence-electron chi connectivity index (χ4n) is 4.17. The third-order valence-electron chi connectivity index (χ3n) is 6.14. The Hall–Kier alpha value is -4.25. The molecule has 0 atom stereocenters. The number of benzene rings is 3. The van der Waals surface area contributed by atoms with Gasteiger partial charge in [-0.1, -0.05) is 93.6 Å². The van der Waals surface area contributed by atoms with E-state index >= 15 is 0 Å². The molecule has 0 aliphatic carbocycles. The quantitative estimate of drug-likeness (QED) is 0.392. The van der Waals surface area contributed by atoms with Crippen LogP contribution in [-0.2, 0) is 10.2 Å². The van der Waals surface area contributed by atoms with Gasteiger partial charge in [0.1, 0.15) is 5.84 Å². The summed E-state index contributed by atoms with van der Waals surface area (Å²) < 4.78 is 5.22. The van der Waals surface area contributed by atoms with E-state index in [1.165, 1.54) is 5.56 Å². The molecule has 0 aromatic heterocycles. The van der Waals surface area contributed by atoms with Crippen molar-refractivity contribution >= 4 is 23.4 Å². The zero-order valence-corrected chi connectivity index (χ0v) is 21.7. The van der Waals surface area contributed by atoms with Gasteiger partial charge >= 0.3 is 5.97 Å². The number of hydrogen-bond acceptors (Lipinski definition) is 4. The summed E-state index contributed by atoms with van der Waals surface area (Å²) in [5, 5.41) is 2.96. The summed E-state index contributed by atoms with van der Waals surface area (Å²) in [6.07, 6.45) is 6.26. The Bertz CT molecular complexity index is 1390. The van der Waals surface area contributed by atoms with Gasteiger partial charge in [0.25, 0.3) is 5.91 Å². The van der Waals surface area contributed by atoms with Crippen LogP contribution in [0.15, 0.2) is 96.0 Å². The molecule has 0 unspecified atom stereocenters. The van der Waals surface area contributed by atoms with Gasteiger partial charge in [-0.3, -0.25) is 4.79 Å². The molecule has 0 radical (unpaired) electrons. The Morgan fingerprint density at radius 3 is 2.22 bits per heavy atom. The van der Waals surface area contributed by atoms with Gasteiger partial charge in [-0.05, 0) is 53.7 Å². The molecule has 1 N–H and O–H groups in total. The van der Waals surface area contributed by atoms with Gasteiger partial charge in [0.05, 0.1) is 17.9 Å². The van der Waals surface area contributed by atoms with E-state index < -0.39 is 5.97 Å². The Labute approximate surface area is 218 Å². The largest absolute Gasteiger partial charge is 0.462 e. The molecule has 37 heavy (non-hydrogen) atoms. The number of rotatable bonds is 5. The van der Waals surface area contributed by atoms with Crippen LogP contribution >= 0.6 is 0 Å². The summed E-state index contributed by atoms with van der Waals surface area (Å²) in [4.78, 5) is 30.6. The lowest BCUT2D eigenvalue weighted by Gasteiger charge is -2.19. The van der Waals surface area contributed by atoms with Gasteiger partial charge in [-0.25, -0.2) is 9.79 Å². The predicted molar refractivity (Wildman–Crippen MR) is 150 cm³/mol. The first-order valence-corrected chi connectivity index (χ1v) is 12.5. The molecule has 1 heterocycles. The van der Waals surface area contributed by atoms with E-state index in [4.69, 9.17) is 9.73 Å². The molecule has 5 heteroatoms. The van der Waals surface area contributed by atoms with E-state index in [-0.39, 0.29) is 17.9 Å². The topological polar surface area (TPSA) is 67.8 Å². The molecule has 0 bridgehead atoms. The van der Waals surface area contributed by atoms with E-state index in [1.54, 1.807) is 25.1 Å². The maximum absolute atomic E-state index is 13.4.